The number of imidazole rings is 1. The average Bonchev–Trinajstić information content (AvgIpc) is 3.15. The summed E-state index contributed by atoms with van der Waals surface area (Å²) in [7, 11) is 0. The van der Waals surface area contributed by atoms with Gasteiger partial charge in [-0.05, 0) is 48.9 Å². The van der Waals surface area contributed by atoms with Crippen LogP contribution in [0.15, 0.2) is 66.6 Å². The van der Waals surface area contributed by atoms with Gasteiger partial charge in [-0.1, -0.05) is 12.1 Å². The van der Waals surface area contributed by atoms with Gasteiger partial charge >= 0.3 is 5.97 Å². The summed E-state index contributed by atoms with van der Waals surface area (Å²) >= 11 is 0. The molecule has 5 N–H and O–H groups in total. The maximum Gasteiger partial charge on any atom is 0.302 e. The Kier molecular flexibility index (Phi) is 5.71. The molecule has 0 bridgehead atoms. The molecule has 3 aromatic heterocycles. The highest BCUT2D eigenvalue weighted by Crippen LogP contribution is 2.31. The topological polar surface area (TPSA) is 134 Å². The standard InChI is InChI=1S/C23H23N7O2/c1-14(24)12-27-20-10-9-19-23(29-20)30(22(28-19)18-4-3-11-26-21(18)25)17-7-5-16(6-8-17)13-32-15(2)31/h3-12H,13,24H2,1-2H3,(H2,25,26)(H,27,29)/b14-12-. The number of carbonyl (C=O) groups is 1. The molecular weight excluding hydrogens is 406 g/mol. The zero-order chi connectivity index (χ0) is 22.7. The van der Waals surface area contributed by atoms with Gasteiger partial charge in [0.25, 0.3) is 0 Å². The maximum atomic E-state index is 11.1. The summed E-state index contributed by atoms with van der Waals surface area (Å²) in [6, 6.07) is 15.0. The number of rotatable bonds is 6. The van der Waals surface area contributed by atoms with E-state index in [2.05, 4.69) is 10.3 Å². The molecule has 3 heterocycles. The van der Waals surface area contributed by atoms with Crippen LogP contribution in [-0.4, -0.2) is 25.5 Å². The van der Waals surface area contributed by atoms with Crippen molar-refractivity contribution in [1.29, 1.82) is 0 Å². The first-order valence-electron chi connectivity index (χ1n) is 9.94. The van der Waals surface area contributed by atoms with Gasteiger partial charge in [0.15, 0.2) is 11.5 Å². The molecule has 4 aromatic rings. The second-order valence-corrected chi connectivity index (χ2v) is 7.23. The molecule has 0 aliphatic carbocycles. The Morgan fingerprint density at radius 2 is 1.91 bits per heavy atom. The van der Waals surface area contributed by atoms with E-state index < -0.39 is 0 Å². The quantitative estimate of drug-likeness (QED) is 0.397. The highest BCUT2D eigenvalue weighted by Gasteiger charge is 2.18. The Labute approximate surface area is 184 Å². The van der Waals surface area contributed by atoms with Gasteiger partial charge in [-0.15, -0.1) is 0 Å². The number of nitrogens with two attached hydrogens (primary N) is 2. The summed E-state index contributed by atoms with van der Waals surface area (Å²) < 4.78 is 7.00. The molecule has 0 aliphatic rings. The van der Waals surface area contributed by atoms with Crippen LogP contribution in [-0.2, 0) is 16.1 Å². The first-order chi connectivity index (χ1) is 15.4. The van der Waals surface area contributed by atoms with Crippen LogP contribution in [0.2, 0.25) is 0 Å². The van der Waals surface area contributed by atoms with E-state index >= 15 is 0 Å². The van der Waals surface area contributed by atoms with Crippen molar-refractivity contribution in [2.45, 2.75) is 20.5 Å². The number of hydrogen-bond acceptors (Lipinski definition) is 8. The Balaban J connectivity index is 1.86. The average molecular weight is 429 g/mol. The smallest absolute Gasteiger partial charge is 0.302 e. The van der Waals surface area contributed by atoms with E-state index in [4.69, 9.17) is 26.2 Å². The molecule has 0 unspecified atom stereocenters. The van der Waals surface area contributed by atoms with Crippen LogP contribution in [0.5, 0.6) is 0 Å². The van der Waals surface area contributed by atoms with Gasteiger partial charge in [-0.25, -0.2) is 15.0 Å². The van der Waals surface area contributed by atoms with Crippen LogP contribution in [0.25, 0.3) is 28.2 Å². The second-order valence-electron chi connectivity index (χ2n) is 7.23. The molecule has 0 amide bonds. The second kappa shape index (κ2) is 8.76. The molecule has 1 aromatic carbocycles. The third-order valence-corrected chi connectivity index (χ3v) is 4.67. The van der Waals surface area contributed by atoms with Crippen LogP contribution in [0.4, 0.5) is 11.6 Å². The Morgan fingerprint density at radius 3 is 2.59 bits per heavy atom. The summed E-state index contributed by atoms with van der Waals surface area (Å²) in [6.07, 6.45) is 3.32. The molecule has 0 saturated heterocycles. The maximum absolute atomic E-state index is 11.1. The molecule has 9 heteroatoms. The molecule has 0 aliphatic heterocycles. The number of ether oxygens (including phenoxy) is 1. The molecule has 9 nitrogen and oxygen atoms in total. The first kappa shape index (κ1) is 20.9. The van der Waals surface area contributed by atoms with Crippen LogP contribution in [0, 0.1) is 0 Å². The largest absolute Gasteiger partial charge is 0.461 e. The van der Waals surface area contributed by atoms with Gasteiger partial charge in [0.05, 0.1) is 5.56 Å². The molecule has 0 fully saturated rings. The summed E-state index contributed by atoms with van der Waals surface area (Å²) in [6.45, 7) is 3.38. The number of aromatic nitrogens is 4. The van der Waals surface area contributed by atoms with Gasteiger partial charge in [0, 0.05) is 30.7 Å². The third-order valence-electron chi connectivity index (χ3n) is 4.67. The van der Waals surface area contributed by atoms with Gasteiger partial charge in [-0.3, -0.25) is 9.36 Å². The monoisotopic (exact) mass is 429 g/mol. The van der Waals surface area contributed by atoms with Crippen molar-refractivity contribution in [3.8, 4) is 17.1 Å². The lowest BCUT2D eigenvalue weighted by molar-refractivity contribution is -0.142. The van der Waals surface area contributed by atoms with Crippen LogP contribution in [0.3, 0.4) is 0 Å². The van der Waals surface area contributed by atoms with E-state index in [0.29, 0.717) is 39.9 Å². The minimum atomic E-state index is -0.324. The van der Waals surface area contributed by atoms with E-state index in [-0.39, 0.29) is 12.6 Å². The number of nitrogen functional groups attached to an aromatic ring is 1. The Morgan fingerprint density at radius 1 is 1.12 bits per heavy atom. The molecule has 0 radical (unpaired) electrons. The highest BCUT2D eigenvalue weighted by molar-refractivity contribution is 5.83. The van der Waals surface area contributed by atoms with Crippen molar-refractivity contribution >= 4 is 28.8 Å². The predicted octanol–water partition coefficient (Wildman–Crippen LogP) is 3.36. The van der Waals surface area contributed by atoms with Crippen molar-refractivity contribution in [2.75, 3.05) is 11.1 Å². The molecule has 32 heavy (non-hydrogen) atoms. The predicted molar refractivity (Wildman–Crippen MR) is 124 cm³/mol. The molecule has 4 rings (SSSR count). The fourth-order valence-corrected chi connectivity index (χ4v) is 3.18. The lowest BCUT2D eigenvalue weighted by Crippen LogP contribution is -2.03. The van der Waals surface area contributed by atoms with Crippen LogP contribution < -0.4 is 16.8 Å². The molecule has 0 spiro atoms. The lowest BCUT2D eigenvalue weighted by atomic mass is 10.2. The van der Waals surface area contributed by atoms with E-state index in [0.717, 1.165) is 11.3 Å². The molecule has 162 valence electrons. The Bertz CT molecular complexity index is 1310. The zero-order valence-corrected chi connectivity index (χ0v) is 17.7. The number of nitrogens with zero attached hydrogens (tertiary/aromatic N) is 4. The van der Waals surface area contributed by atoms with Crippen molar-refractivity contribution < 1.29 is 9.53 Å². The number of fused-ring (bicyclic) bond motifs is 1. The minimum absolute atomic E-state index is 0.208. The number of nitrogens with one attached hydrogen (secondary N) is 1. The van der Waals surface area contributed by atoms with Crippen molar-refractivity contribution in [3.63, 3.8) is 0 Å². The first-order valence-corrected chi connectivity index (χ1v) is 9.94. The number of pyridine rings is 2. The summed E-state index contributed by atoms with van der Waals surface area (Å²) in [5.41, 5.74) is 16.3. The molecular formula is C23H23N7O2. The van der Waals surface area contributed by atoms with Crippen molar-refractivity contribution in [2.24, 2.45) is 5.73 Å². The normalized spacial score (nSPS) is 11.5. The van der Waals surface area contributed by atoms with E-state index in [1.54, 1.807) is 19.3 Å². The van der Waals surface area contributed by atoms with Gasteiger partial charge in [0.1, 0.15) is 23.8 Å². The lowest BCUT2D eigenvalue weighted by Gasteiger charge is -2.11. The van der Waals surface area contributed by atoms with Gasteiger partial charge < -0.3 is 21.5 Å². The summed E-state index contributed by atoms with van der Waals surface area (Å²) in [4.78, 5) is 24.8. The molecule has 0 atom stereocenters. The third kappa shape index (κ3) is 4.36. The van der Waals surface area contributed by atoms with E-state index in [1.165, 1.54) is 6.92 Å². The zero-order valence-electron chi connectivity index (χ0n) is 17.7. The fourth-order valence-electron chi connectivity index (χ4n) is 3.18. The fraction of sp³-hybridized carbons (Fsp3) is 0.130. The van der Waals surface area contributed by atoms with E-state index in [9.17, 15) is 4.79 Å². The number of allylic oxidation sites excluding steroid dienone is 1. The SMILES string of the molecule is CC(=O)OCc1ccc(-n2c(-c3cccnc3N)nc3ccc(N/C=C(/C)N)nc32)cc1. The van der Waals surface area contributed by atoms with Crippen LogP contribution in [0.1, 0.15) is 19.4 Å². The minimum Gasteiger partial charge on any atom is -0.461 e. The van der Waals surface area contributed by atoms with Gasteiger partial charge in [0.2, 0.25) is 0 Å². The number of esters is 1. The number of anilines is 2. The van der Waals surface area contributed by atoms with Gasteiger partial charge in [-0.2, -0.15) is 0 Å². The Hall–Kier alpha value is -4.40. The number of carbonyl (C=O) groups excluding carboxylic acids is 1. The summed E-state index contributed by atoms with van der Waals surface area (Å²) in [5, 5.41) is 3.09. The highest BCUT2D eigenvalue weighted by atomic mass is 16.5. The van der Waals surface area contributed by atoms with E-state index in [1.807, 2.05) is 53.1 Å². The number of benzene rings is 1. The van der Waals surface area contributed by atoms with Crippen molar-refractivity contribution in [3.05, 3.63) is 72.2 Å². The van der Waals surface area contributed by atoms with Crippen LogP contribution >= 0.6 is 0 Å². The number of hydrogen-bond donors (Lipinski definition) is 3. The van der Waals surface area contributed by atoms with Crippen molar-refractivity contribution in [1.82, 2.24) is 19.5 Å². The summed E-state index contributed by atoms with van der Waals surface area (Å²) in [5.74, 6) is 1.29. The molecule has 0 saturated carbocycles.